The second-order valence-corrected chi connectivity index (χ2v) is 10.4. The molecule has 0 unspecified atom stereocenters. The molecule has 1 aromatic carbocycles. The molecule has 0 radical (unpaired) electrons. The number of aromatic nitrogens is 2. The summed E-state index contributed by atoms with van der Waals surface area (Å²) in [6.45, 7) is 4.56. The van der Waals surface area contributed by atoms with Crippen molar-refractivity contribution in [2.75, 3.05) is 19.9 Å². The molecule has 0 saturated carbocycles. The van der Waals surface area contributed by atoms with Gasteiger partial charge in [0.25, 0.3) is 5.56 Å². The van der Waals surface area contributed by atoms with Gasteiger partial charge in [-0.1, -0.05) is 6.92 Å². The van der Waals surface area contributed by atoms with Gasteiger partial charge in [-0.25, -0.2) is 9.78 Å². The number of carbonyl (C=O) groups excluding carboxylic acids is 1. The third-order valence-electron chi connectivity index (χ3n) is 8.31. The summed E-state index contributed by atoms with van der Waals surface area (Å²) in [4.78, 5) is 33.5. The molecule has 1 atom stereocenters. The van der Waals surface area contributed by atoms with Crippen LogP contribution in [0.25, 0.3) is 22.3 Å². The van der Waals surface area contributed by atoms with Crippen molar-refractivity contribution in [2.45, 2.75) is 57.5 Å². The Labute approximate surface area is 212 Å². The van der Waals surface area contributed by atoms with E-state index in [9.17, 15) is 14.7 Å². The van der Waals surface area contributed by atoms with E-state index in [0.29, 0.717) is 47.1 Å². The van der Waals surface area contributed by atoms with Gasteiger partial charge in [-0.15, -0.1) is 0 Å². The number of hydrogen-bond donors (Lipinski definition) is 2. The normalized spacial score (nSPS) is 22.6. The highest BCUT2D eigenvalue weighted by atomic mass is 16.7. The number of esters is 1. The summed E-state index contributed by atoms with van der Waals surface area (Å²) in [7, 11) is 0. The molecule has 37 heavy (non-hydrogen) atoms. The molecule has 0 bridgehead atoms. The molecule has 10 heteroatoms. The number of benzene rings is 1. The standard InChI is InChI=1S/C27H28N4O6/c1-2-27(34)19-8-21-24-17(11-31(21)25(32)18(19)12-35-26(27)33)16(10-30-5-3-14(28)4-6-30)15-7-22-23(37-13-36-22)9-20(15)29-24/h7-9,14,34H,2-6,10-13,28H2,1H3/t27-/m0/s1. The smallest absolute Gasteiger partial charge is 0.343 e. The number of rotatable bonds is 3. The van der Waals surface area contributed by atoms with E-state index in [4.69, 9.17) is 24.9 Å². The van der Waals surface area contributed by atoms with Crippen LogP contribution in [0.15, 0.2) is 23.0 Å². The lowest BCUT2D eigenvalue weighted by atomic mass is 9.86. The summed E-state index contributed by atoms with van der Waals surface area (Å²) in [6.07, 6.45) is 1.98. The number of cyclic esters (lactones) is 1. The van der Waals surface area contributed by atoms with Crippen molar-refractivity contribution in [1.82, 2.24) is 14.5 Å². The monoisotopic (exact) mass is 504 g/mol. The van der Waals surface area contributed by atoms with E-state index in [0.717, 1.165) is 48.0 Å². The Hall–Kier alpha value is -3.47. The van der Waals surface area contributed by atoms with Crippen molar-refractivity contribution < 1.29 is 24.1 Å². The van der Waals surface area contributed by atoms with Gasteiger partial charge in [0.1, 0.15) is 6.61 Å². The molecule has 1 fully saturated rings. The maximum atomic E-state index is 13.6. The largest absolute Gasteiger partial charge is 0.458 e. The molecule has 4 aliphatic heterocycles. The summed E-state index contributed by atoms with van der Waals surface area (Å²) in [5.74, 6) is 0.593. The van der Waals surface area contributed by atoms with Crippen LogP contribution in [0.3, 0.4) is 0 Å². The lowest BCUT2D eigenvalue weighted by Crippen LogP contribution is -2.44. The number of nitrogens with two attached hydrogens (primary N) is 1. The molecule has 0 amide bonds. The minimum absolute atomic E-state index is 0.103. The average Bonchev–Trinajstić information content (AvgIpc) is 3.51. The molecule has 0 spiro atoms. The van der Waals surface area contributed by atoms with Crippen molar-refractivity contribution >= 4 is 16.9 Å². The Balaban J connectivity index is 1.44. The first-order chi connectivity index (χ1) is 17.9. The van der Waals surface area contributed by atoms with Crippen LogP contribution in [0.2, 0.25) is 0 Å². The van der Waals surface area contributed by atoms with Gasteiger partial charge < -0.3 is 29.6 Å². The minimum atomic E-state index is -1.86. The molecule has 3 aromatic rings. The SMILES string of the molecule is CC[C@@]1(O)C(=O)OCc2c1cc1n(c2=O)Cc2c-1nc1cc3c(cc1c2CN1CCC(N)CC1)OCO3. The van der Waals surface area contributed by atoms with Crippen LogP contribution in [0, 0.1) is 0 Å². The Morgan fingerprint density at radius 1 is 1.11 bits per heavy atom. The maximum absolute atomic E-state index is 13.6. The first-order valence-corrected chi connectivity index (χ1v) is 12.8. The van der Waals surface area contributed by atoms with Gasteiger partial charge in [-0.05, 0) is 50.0 Å². The number of piperidine rings is 1. The number of ether oxygens (including phenoxy) is 3. The molecule has 3 N–H and O–H groups in total. The minimum Gasteiger partial charge on any atom is -0.458 e. The molecular weight excluding hydrogens is 476 g/mol. The van der Waals surface area contributed by atoms with E-state index in [1.807, 2.05) is 12.1 Å². The Morgan fingerprint density at radius 3 is 2.62 bits per heavy atom. The molecule has 1 saturated heterocycles. The van der Waals surface area contributed by atoms with Crippen LogP contribution in [-0.2, 0) is 34.8 Å². The molecule has 2 aromatic heterocycles. The molecule has 6 heterocycles. The lowest BCUT2D eigenvalue weighted by molar-refractivity contribution is -0.172. The van der Waals surface area contributed by atoms with Crippen LogP contribution >= 0.6 is 0 Å². The second-order valence-electron chi connectivity index (χ2n) is 10.4. The van der Waals surface area contributed by atoms with Crippen LogP contribution in [0.5, 0.6) is 11.5 Å². The van der Waals surface area contributed by atoms with Gasteiger partial charge in [0.05, 0.1) is 29.0 Å². The fourth-order valence-electron chi connectivity index (χ4n) is 6.07. The highest BCUT2D eigenvalue weighted by Crippen LogP contribution is 2.43. The van der Waals surface area contributed by atoms with E-state index in [-0.39, 0.29) is 31.4 Å². The van der Waals surface area contributed by atoms with Crippen molar-refractivity contribution in [2.24, 2.45) is 5.73 Å². The highest BCUT2D eigenvalue weighted by molar-refractivity contribution is 5.91. The van der Waals surface area contributed by atoms with Crippen molar-refractivity contribution in [3.05, 3.63) is 50.8 Å². The first-order valence-electron chi connectivity index (χ1n) is 12.8. The number of aliphatic hydroxyl groups is 1. The second kappa shape index (κ2) is 8.01. The van der Waals surface area contributed by atoms with E-state index in [2.05, 4.69) is 4.90 Å². The number of likely N-dealkylation sites (tertiary alicyclic amines) is 1. The quantitative estimate of drug-likeness (QED) is 0.401. The van der Waals surface area contributed by atoms with Gasteiger partial charge in [0, 0.05) is 35.2 Å². The van der Waals surface area contributed by atoms with Crippen LogP contribution in [-0.4, -0.2) is 51.5 Å². The number of carbonyl (C=O) groups is 1. The number of pyridine rings is 2. The fourth-order valence-corrected chi connectivity index (χ4v) is 6.07. The van der Waals surface area contributed by atoms with Gasteiger partial charge in [0.15, 0.2) is 17.1 Å². The Bertz CT molecular complexity index is 1540. The predicted octanol–water partition coefficient (Wildman–Crippen LogP) is 1.73. The predicted molar refractivity (Wildman–Crippen MR) is 133 cm³/mol. The molecule has 4 aliphatic rings. The molecule has 192 valence electrons. The fraction of sp³-hybridized carbons (Fsp3) is 0.444. The molecular formula is C27H28N4O6. The van der Waals surface area contributed by atoms with Crippen molar-refractivity contribution in [3.63, 3.8) is 0 Å². The summed E-state index contributed by atoms with van der Waals surface area (Å²) < 4.78 is 18.2. The highest BCUT2D eigenvalue weighted by Gasteiger charge is 2.45. The number of fused-ring (bicyclic) bond motifs is 6. The molecule has 0 aliphatic carbocycles. The summed E-state index contributed by atoms with van der Waals surface area (Å²) in [6, 6.07) is 5.84. The zero-order chi connectivity index (χ0) is 25.5. The maximum Gasteiger partial charge on any atom is 0.343 e. The van der Waals surface area contributed by atoms with E-state index in [1.165, 1.54) is 0 Å². The third-order valence-corrected chi connectivity index (χ3v) is 8.31. The summed E-state index contributed by atoms with van der Waals surface area (Å²) >= 11 is 0. The Morgan fingerprint density at radius 2 is 1.86 bits per heavy atom. The van der Waals surface area contributed by atoms with E-state index >= 15 is 0 Å². The number of hydrogen-bond acceptors (Lipinski definition) is 9. The van der Waals surface area contributed by atoms with E-state index in [1.54, 1.807) is 17.6 Å². The molecule has 7 rings (SSSR count). The van der Waals surface area contributed by atoms with Gasteiger partial charge in [0.2, 0.25) is 6.79 Å². The Kier molecular flexibility index (Phi) is 4.92. The van der Waals surface area contributed by atoms with E-state index < -0.39 is 11.6 Å². The van der Waals surface area contributed by atoms with Crippen molar-refractivity contribution in [1.29, 1.82) is 0 Å². The zero-order valence-corrected chi connectivity index (χ0v) is 20.6. The summed E-state index contributed by atoms with van der Waals surface area (Å²) in [5.41, 5.74) is 8.75. The van der Waals surface area contributed by atoms with Crippen LogP contribution in [0.1, 0.15) is 48.4 Å². The summed E-state index contributed by atoms with van der Waals surface area (Å²) in [5, 5.41) is 12.1. The van der Waals surface area contributed by atoms with Crippen LogP contribution in [0.4, 0.5) is 0 Å². The van der Waals surface area contributed by atoms with Crippen LogP contribution < -0.4 is 20.8 Å². The van der Waals surface area contributed by atoms with Gasteiger partial charge in [-0.3, -0.25) is 9.69 Å². The first kappa shape index (κ1) is 22.7. The third kappa shape index (κ3) is 3.25. The molecule has 10 nitrogen and oxygen atoms in total. The van der Waals surface area contributed by atoms with Gasteiger partial charge in [-0.2, -0.15) is 0 Å². The van der Waals surface area contributed by atoms with Crippen molar-refractivity contribution in [3.8, 4) is 22.9 Å². The topological polar surface area (TPSA) is 129 Å². The zero-order valence-electron chi connectivity index (χ0n) is 20.6. The van der Waals surface area contributed by atoms with Gasteiger partial charge >= 0.3 is 5.97 Å². The average molecular weight is 505 g/mol. The number of nitrogens with zero attached hydrogens (tertiary/aromatic N) is 3. The lowest BCUT2D eigenvalue weighted by Gasteiger charge is -2.31.